The van der Waals surface area contributed by atoms with Crippen molar-refractivity contribution in [1.29, 1.82) is 0 Å². The van der Waals surface area contributed by atoms with Crippen LogP contribution in [0.5, 0.6) is 0 Å². The van der Waals surface area contributed by atoms with Gasteiger partial charge in [-0.15, -0.1) is 10.2 Å². The highest BCUT2D eigenvalue weighted by molar-refractivity contribution is 7.13. The van der Waals surface area contributed by atoms with Gasteiger partial charge in [0.1, 0.15) is 5.51 Å². The molecular formula is C16H22N4O2S. The lowest BCUT2D eigenvalue weighted by Crippen LogP contribution is -2.50. The van der Waals surface area contributed by atoms with E-state index in [1.54, 1.807) is 23.1 Å². The van der Waals surface area contributed by atoms with Gasteiger partial charge in [0.15, 0.2) is 0 Å². The van der Waals surface area contributed by atoms with Gasteiger partial charge in [-0.25, -0.2) is 0 Å². The van der Waals surface area contributed by atoms with Gasteiger partial charge >= 0.3 is 0 Å². The second kappa shape index (κ2) is 6.59. The van der Waals surface area contributed by atoms with Crippen molar-refractivity contribution in [2.75, 3.05) is 44.3 Å². The molecule has 0 amide bonds. The van der Waals surface area contributed by atoms with Crippen LogP contribution in [0.25, 0.3) is 0 Å². The number of aromatic nitrogens is 2. The smallest absolute Gasteiger partial charge is 0.208 e. The van der Waals surface area contributed by atoms with Crippen molar-refractivity contribution in [3.05, 3.63) is 29.7 Å². The van der Waals surface area contributed by atoms with E-state index in [4.69, 9.17) is 9.15 Å². The molecule has 2 aliphatic heterocycles. The number of hydrogen-bond donors (Lipinski definition) is 0. The Bertz CT molecular complexity index is 604. The zero-order chi connectivity index (χ0) is 15.5. The number of furan rings is 1. The van der Waals surface area contributed by atoms with Crippen molar-refractivity contribution in [3.8, 4) is 0 Å². The minimum absolute atomic E-state index is 0.185. The van der Waals surface area contributed by atoms with Crippen LogP contribution in [0.2, 0.25) is 0 Å². The van der Waals surface area contributed by atoms with Crippen LogP contribution >= 0.6 is 11.3 Å². The van der Waals surface area contributed by atoms with Gasteiger partial charge in [-0.1, -0.05) is 11.3 Å². The Morgan fingerprint density at radius 1 is 1.30 bits per heavy atom. The number of nitrogens with zero attached hydrogens (tertiary/aromatic N) is 4. The lowest BCUT2D eigenvalue weighted by atomic mass is 9.80. The summed E-state index contributed by atoms with van der Waals surface area (Å²) in [4.78, 5) is 4.88. The molecule has 7 heteroatoms. The number of ether oxygens (including phenoxy) is 1. The topological polar surface area (TPSA) is 54.6 Å². The Hall–Kier alpha value is -1.44. The summed E-state index contributed by atoms with van der Waals surface area (Å²) in [5, 5.41) is 9.26. The fourth-order valence-corrected chi connectivity index (χ4v) is 4.38. The molecule has 0 radical (unpaired) electrons. The summed E-state index contributed by atoms with van der Waals surface area (Å²) in [6, 6.07) is 2.05. The number of rotatable bonds is 3. The van der Waals surface area contributed by atoms with Crippen LogP contribution in [0.15, 0.2) is 28.5 Å². The van der Waals surface area contributed by atoms with Gasteiger partial charge in [-0.05, 0) is 25.5 Å². The molecular weight excluding hydrogens is 312 g/mol. The average Bonchev–Trinajstić information content (AvgIpc) is 3.22. The van der Waals surface area contributed by atoms with E-state index in [1.807, 2.05) is 6.26 Å². The molecule has 2 aromatic heterocycles. The van der Waals surface area contributed by atoms with E-state index >= 15 is 0 Å². The van der Waals surface area contributed by atoms with Crippen molar-refractivity contribution < 1.29 is 9.15 Å². The van der Waals surface area contributed by atoms with Crippen LogP contribution in [0.4, 0.5) is 5.13 Å². The highest BCUT2D eigenvalue weighted by atomic mass is 32.1. The van der Waals surface area contributed by atoms with E-state index in [0.717, 1.165) is 51.1 Å². The van der Waals surface area contributed by atoms with Crippen molar-refractivity contribution in [3.63, 3.8) is 0 Å². The molecule has 0 saturated carbocycles. The molecule has 0 N–H and O–H groups in total. The molecule has 0 aliphatic carbocycles. The van der Waals surface area contributed by atoms with Gasteiger partial charge in [0.25, 0.3) is 0 Å². The fourth-order valence-electron chi connectivity index (χ4n) is 3.79. The van der Waals surface area contributed by atoms with Crippen molar-refractivity contribution in [2.24, 2.45) is 5.41 Å². The Balaban J connectivity index is 1.48. The largest absolute Gasteiger partial charge is 0.472 e. The molecule has 1 spiro atoms. The molecule has 124 valence electrons. The van der Waals surface area contributed by atoms with E-state index in [0.29, 0.717) is 0 Å². The monoisotopic (exact) mass is 334 g/mol. The molecule has 0 bridgehead atoms. The predicted octanol–water partition coefficient (Wildman–Crippen LogP) is 2.25. The van der Waals surface area contributed by atoms with Crippen LogP contribution in [-0.4, -0.2) is 54.5 Å². The number of anilines is 1. The fraction of sp³-hybridized carbons (Fsp3) is 0.625. The normalized spacial score (nSPS) is 26.5. The van der Waals surface area contributed by atoms with E-state index in [9.17, 15) is 0 Å². The quantitative estimate of drug-likeness (QED) is 0.858. The summed E-state index contributed by atoms with van der Waals surface area (Å²) < 4.78 is 11.2. The molecule has 2 aliphatic rings. The first-order valence-corrected chi connectivity index (χ1v) is 9.03. The van der Waals surface area contributed by atoms with Crippen molar-refractivity contribution >= 4 is 16.5 Å². The van der Waals surface area contributed by atoms with Gasteiger partial charge in [-0.3, -0.25) is 4.90 Å². The first-order valence-electron chi connectivity index (χ1n) is 8.15. The Kier molecular flexibility index (Phi) is 4.33. The third-order valence-electron chi connectivity index (χ3n) is 4.79. The summed E-state index contributed by atoms with van der Waals surface area (Å²) in [5.74, 6) is 0. The maximum absolute atomic E-state index is 5.97. The Labute approximate surface area is 140 Å². The number of piperidine rings is 1. The minimum atomic E-state index is 0.185. The second-order valence-electron chi connectivity index (χ2n) is 6.64. The summed E-state index contributed by atoms with van der Waals surface area (Å²) in [7, 11) is 0. The van der Waals surface area contributed by atoms with E-state index in [2.05, 4.69) is 26.1 Å². The molecule has 4 heterocycles. The van der Waals surface area contributed by atoms with E-state index in [-0.39, 0.29) is 5.41 Å². The molecule has 23 heavy (non-hydrogen) atoms. The van der Waals surface area contributed by atoms with Gasteiger partial charge in [-0.2, -0.15) is 0 Å². The molecule has 2 fully saturated rings. The van der Waals surface area contributed by atoms with Gasteiger partial charge in [0.05, 0.1) is 25.7 Å². The number of hydrogen-bond acceptors (Lipinski definition) is 7. The standard InChI is InChI=1S/C16H22N4O2S/c1-3-16(10-19(4-1)8-14-2-6-21-9-14)11-20(5-7-22-12-16)15-18-17-13-23-15/h2,6,9,13H,1,3-5,7-8,10-12H2. The maximum Gasteiger partial charge on any atom is 0.208 e. The van der Waals surface area contributed by atoms with Crippen LogP contribution in [-0.2, 0) is 11.3 Å². The van der Waals surface area contributed by atoms with Crippen LogP contribution < -0.4 is 4.90 Å². The third kappa shape index (κ3) is 3.41. The maximum atomic E-state index is 5.97. The lowest BCUT2D eigenvalue weighted by Gasteiger charge is -2.43. The van der Waals surface area contributed by atoms with E-state index in [1.165, 1.54) is 18.4 Å². The summed E-state index contributed by atoms with van der Waals surface area (Å²) >= 11 is 1.61. The highest BCUT2D eigenvalue weighted by Gasteiger charge is 2.39. The van der Waals surface area contributed by atoms with Gasteiger partial charge in [0.2, 0.25) is 5.13 Å². The summed E-state index contributed by atoms with van der Waals surface area (Å²) in [6.45, 7) is 6.67. The molecule has 2 saturated heterocycles. The summed E-state index contributed by atoms with van der Waals surface area (Å²) in [6.07, 6.45) is 6.02. The SMILES string of the molecule is c1cc(CN2CCCC3(COCCN(c4nncs4)C3)C2)co1. The lowest BCUT2D eigenvalue weighted by molar-refractivity contribution is 0.0106. The number of likely N-dealkylation sites (tertiary alicyclic amines) is 1. The highest BCUT2D eigenvalue weighted by Crippen LogP contribution is 2.35. The average molecular weight is 334 g/mol. The van der Waals surface area contributed by atoms with Crippen LogP contribution in [0.1, 0.15) is 18.4 Å². The second-order valence-corrected chi connectivity index (χ2v) is 7.45. The van der Waals surface area contributed by atoms with Gasteiger partial charge in [0, 0.05) is 37.2 Å². The first-order chi connectivity index (χ1) is 11.3. The third-order valence-corrected chi connectivity index (χ3v) is 5.54. The molecule has 6 nitrogen and oxygen atoms in total. The molecule has 2 aromatic rings. The molecule has 4 rings (SSSR count). The summed E-state index contributed by atoms with van der Waals surface area (Å²) in [5.41, 5.74) is 3.24. The first kappa shape index (κ1) is 15.1. The zero-order valence-electron chi connectivity index (χ0n) is 13.2. The zero-order valence-corrected chi connectivity index (χ0v) is 14.0. The van der Waals surface area contributed by atoms with Crippen LogP contribution in [0, 0.1) is 5.41 Å². The van der Waals surface area contributed by atoms with E-state index < -0.39 is 0 Å². The van der Waals surface area contributed by atoms with Crippen LogP contribution in [0.3, 0.4) is 0 Å². The molecule has 1 unspecified atom stereocenters. The predicted molar refractivity (Wildman–Crippen MR) is 88.6 cm³/mol. The minimum Gasteiger partial charge on any atom is -0.472 e. The van der Waals surface area contributed by atoms with Crippen molar-refractivity contribution in [1.82, 2.24) is 15.1 Å². The Morgan fingerprint density at radius 2 is 2.30 bits per heavy atom. The Morgan fingerprint density at radius 3 is 3.13 bits per heavy atom. The van der Waals surface area contributed by atoms with Gasteiger partial charge < -0.3 is 14.1 Å². The van der Waals surface area contributed by atoms with Crippen molar-refractivity contribution in [2.45, 2.75) is 19.4 Å². The molecule has 1 atom stereocenters. The molecule has 0 aromatic carbocycles.